The summed E-state index contributed by atoms with van der Waals surface area (Å²) >= 11 is 0. The van der Waals surface area contributed by atoms with Crippen molar-refractivity contribution in [1.29, 1.82) is 0 Å². The molecule has 11 heavy (non-hydrogen) atoms. The van der Waals surface area contributed by atoms with Crippen LogP contribution >= 0.6 is 0 Å². The summed E-state index contributed by atoms with van der Waals surface area (Å²) in [6, 6.07) is 0.230. The molecule has 1 heterocycles. The predicted octanol–water partition coefficient (Wildman–Crippen LogP) is 0.0428. The van der Waals surface area contributed by atoms with E-state index < -0.39 is 0 Å². The lowest BCUT2D eigenvalue weighted by atomic mass is 10.5. The Balaban J connectivity index is 2.13. The lowest BCUT2D eigenvalue weighted by Gasteiger charge is -2.12. The Morgan fingerprint density at radius 2 is 2.00 bits per heavy atom. The smallest absolute Gasteiger partial charge is 0.312 e. The number of urea groups is 1. The van der Waals surface area contributed by atoms with Crippen LogP contribution in [0.2, 0.25) is 0 Å². The van der Waals surface area contributed by atoms with Crippen molar-refractivity contribution in [3.8, 4) is 0 Å². The molecule has 2 rings (SSSR count). The van der Waals surface area contributed by atoms with E-state index in [1.165, 1.54) is 11.9 Å². The Morgan fingerprint density at radius 3 is 2.36 bits per heavy atom. The van der Waals surface area contributed by atoms with Gasteiger partial charge in [0.2, 0.25) is 5.91 Å². The normalized spacial score (nSPS) is 25.2. The van der Waals surface area contributed by atoms with Crippen LogP contribution in [0.5, 0.6) is 0 Å². The van der Waals surface area contributed by atoms with Crippen LogP contribution in [0.25, 0.3) is 0 Å². The molecule has 0 atom stereocenters. The first kappa shape index (κ1) is 6.64. The zero-order valence-electron chi connectivity index (χ0n) is 6.41. The maximum Gasteiger partial charge on any atom is 0.327 e. The van der Waals surface area contributed by atoms with E-state index in [2.05, 4.69) is 0 Å². The van der Waals surface area contributed by atoms with Gasteiger partial charge in [0.05, 0.1) is 0 Å². The highest BCUT2D eigenvalue weighted by Gasteiger charge is 2.41. The quantitative estimate of drug-likeness (QED) is 0.500. The Bertz CT molecular complexity index is 222. The zero-order chi connectivity index (χ0) is 8.01. The highest BCUT2D eigenvalue weighted by atomic mass is 16.2. The van der Waals surface area contributed by atoms with E-state index in [9.17, 15) is 9.59 Å². The summed E-state index contributed by atoms with van der Waals surface area (Å²) in [4.78, 5) is 25.1. The molecule has 1 saturated carbocycles. The molecule has 2 fully saturated rings. The minimum Gasteiger partial charge on any atom is -0.312 e. The highest BCUT2D eigenvalue weighted by Crippen LogP contribution is 2.29. The first-order valence-electron chi connectivity index (χ1n) is 3.77. The van der Waals surface area contributed by atoms with Crippen LogP contribution < -0.4 is 0 Å². The van der Waals surface area contributed by atoms with Gasteiger partial charge in [-0.05, 0) is 12.8 Å². The van der Waals surface area contributed by atoms with Crippen LogP contribution in [0.15, 0.2) is 0 Å². The topological polar surface area (TPSA) is 40.6 Å². The van der Waals surface area contributed by atoms with E-state index in [1.807, 2.05) is 0 Å². The third-order valence-corrected chi connectivity index (χ3v) is 2.20. The van der Waals surface area contributed by atoms with Crippen molar-refractivity contribution in [2.24, 2.45) is 0 Å². The molecule has 0 aromatic carbocycles. The second kappa shape index (κ2) is 1.96. The van der Waals surface area contributed by atoms with Crippen molar-refractivity contribution < 1.29 is 9.59 Å². The molecule has 0 aromatic rings. The second-order valence-corrected chi connectivity index (χ2v) is 3.09. The molecule has 60 valence electrons. The third-order valence-electron chi connectivity index (χ3n) is 2.20. The monoisotopic (exact) mass is 154 g/mol. The van der Waals surface area contributed by atoms with Gasteiger partial charge in [0.25, 0.3) is 0 Å². The van der Waals surface area contributed by atoms with Gasteiger partial charge in [-0.15, -0.1) is 0 Å². The van der Waals surface area contributed by atoms with Crippen molar-refractivity contribution in [2.75, 3.05) is 13.6 Å². The Labute approximate surface area is 64.8 Å². The van der Waals surface area contributed by atoms with Crippen LogP contribution in [-0.4, -0.2) is 41.4 Å². The SMILES string of the molecule is CN1C(=O)CN(C2CC2)C1=O. The van der Waals surface area contributed by atoms with Crippen LogP contribution in [-0.2, 0) is 4.79 Å². The molecule has 0 unspecified atom stereocenters. The average Bonchev–Trinajstić information content (AvgIpc) is 2.76. The summed E-state index contributed by atoms with van der Waals surface area (Å²) < 4.78 is 0. The zero-order valence-corrected chi connectivity index (χ0v) is 6.41. The third kappa shape index (κ3) is 0.895. The van der Waals surface area contributed by atoms with Crippen LogP contribution in [0.1, 0.15) is 12.8 Å². The Morgan fingerprint density at radius 1 is 1.36 bits per heavy atom. The number of rotatable bonds is 1. The number of nitrogens with zero attached hydrogens (tertiary/aromatic N) is 2. The summed E-state index contributed by atoms with van der Waals surface area (Å²) in [6.45, 7) is 0.292. The number of amides is 3. The number of carbonyl (C=O) groups is 2. The van der Waals surface area contributed by atoms with Crippen molar-refractivity contribution in [3.63, 3.8) is 0 Å². The standard InChI is InChI=1S/C7H10N2O2/c1-8-6(10)4-9(7(8)11)5-2-3-5/h5H,2-4H2,1H3. The molecule has 4 heteroatoms. The summed E-state index contributed by atoms with van der Waals surface area (Å²) in [5.74, 6) is -0.0816. The predicted molar refractivity (Wildman–Crippen MR) is 37.9 cm³/mol. The van der Waals surface area contributed by atoms with Gasteiger partial charge in [-0.2, -0.15) is 0 Å². The van der Waals surface area contributed by atoms with E-state index >= 15 is 0 Å². The maximum atomic E-state index is 11.2. The molecule has 4 nitrogen and oxygen atoms in total. The van der Waals surface area contributed by atoms with Gasteiger partial charge in [-0.25, -0.2) is 4.79 Å². The molecule has 0 spiro atoms. The molecule has 0 N–H and O–H groups in total. The fourth-order valence-corrected chi connectivity index (χ4v) is 1.29. The molecule has 2 aliphatic rings. The molecule has 0 bridgehead atoms. The first-order valence-corrected chi connectivity index (χ1v) is 3.77. The average molecular weight is 154 g/mol. The van der Waals surface area contributed by atoms with Crippen LogP contribution in [0.3, 0.4) is 0 Å². The molecule has 1 aliphatic carbocycles. The Hall–Kier alpha value is -1.06. The second-order valence-electron chi connectivity index (χ2n) is 3.09. The van der Waals surface area contributed by atoms with Crippen molar-refractivity contribution in [3.05, 3.63) is 0 Å². The van der Waals surface area contributed by atoms with Gasteiger partial charge in [0.15, 0.2) is 0 Å². The van der Waals surface area contributed by atoms with Crippen molar-refractivity contribution in [1.82, 2.24) is 9.80 Å². The van der Waals surface area contributed by atoms with Crippen molar-refractivity contribution in [2.45, 2.75) is 18.9 Å². The van der Waals surface area contributed by atoms with Gasteiger partial charge in [-0.3, -0.25) is 9.69 Å². The highest BCUT2D eigenvalue weighted by molar-refractivity contribution is 6.01. The maximum absolute atomic E-state index is 11.2. The van der Waals surface area contributed by atoms with E-state index in [-0.39, 0.29) is 11.9 Å². The fraction of sp³-hybridized carbons (Fsp3) is 0.714. The van der Waals surface area contributed by atoms with E-state index in [0.29, 0.717) is 12.6 Å². The van der Waals surface area contributed by atoms with Gasteiger partial charge in [0.1, 0.15) is 6.54 Å². The fourth-order valence-electron chi connectivity index (χ4n) is 1.29. The van der Waals surface area contributed by atoms with Gasteiger partial charge >= 0.3 is 6.03 Å². The molecule has 0 aromatic heterocycles. The van der Waals surface area contributed by atoms with E-state index in [0.717, 1.165) is 12.8 Å². The van der Waals surface area contributed by atoms with Gasteiger partial charge in [-0.1, -0.05) is 0 Å². The largest absolute Gasteiger partial charge is 0.327 e. The lowest BCUT2D eigenvalue weighted by Crippen LogP contribution is -2.31. The molecule has 0 radical (unpaired) electrons. The Kier molecular flexibility index (Phi) is 1.19. The van der Waals surface area contributed by atoms with Crippen molar-refractivity contribution >= 4 is 11.9 Å². The molecular formula is C7H10N2O2. The number of likely N-dealkylation sites (N-methyl/N-ethyl adjacent to an activating group) is 1. The summed E-state index contributed by atoms with van der Waals surface area (Å²) in [6.07, 6.45) is 2.12. The molecular weight excluding hydrogens is 144 g/mol. The van der Waals surface area contributed by atoms with Crippen LogP contribution in [0.4, 0.5) is 4.79 Å². The number of carbonyl (C=O) groups excluding carboxylic acids is 2. The van der Waals surface area contributed by atoms with E-state index in [1.54, 1.807) is 4.90 Å². The van der Waals surface area contributed by atoms with Gasteiger partial charge < -0.3 is 4.90 Å². The number of hydrogen-bond donors (Lipinski definition) is 0. The summed E-state index contributed by atoms with van der Waals surface area (Å²) in [7, 11) is 1.53. The lowest BCUT2D eigenvalue weighted by molar-refractivity contribution is -0.124. The number of hydrogen-bond acceptors (Lipinski definition) is 2. The molecule has 1 aliphatic heterocycles. The van der Waals surface area contributed by atoms with E-state index in [4.69, 9.17) is 0 Å². The van der Waals surface area contributed by atoms with Crippen LogP contribution in [0, 0.1) is 0 Å². The number of imide groups is 1. The minimum absolute atomic E-state index is 0.0816. The molecule has 1 saturated heterocycles. The minimum atomic E-state index is -0.127. The van der Waals surface area contributed by atoms with Gasteiger partial charge in [0, 0.05) is 13.1 Å². The first-order chi connectivity index (χ1) is 5.20. The summed E-state index contributed by atoms with van der Waals surface area (Å²) in [5, 5.41) is 0. The molecule has 3 amide bonds. The summed E-state index contributed by atoms with van der Waals surface area (Å²) in [5.41, 5.74) is 0.